The van der Waals surface area contributed by atoms with Gasteiger partial charge < -0.3 is 0 Å². The molecule has 4 rings (SSSR count). The number of nitrogens with two attached hydrogens (primary N) is 1. The molecular weight excluding hydrogens is 402 g/mol. The predicted molar refractivity (Wildman–Crippen MR) is 109 cm³/mol. The largest absolute Gasteiger partial charge is 0.299 e. The molecule has 0 unspecified atom stereocenters. The van der Waals surface area contributed by atoms with Crippen molar-refractivity contribution < 1.29 is 8.42 Å². The van der Waals surface area contributed by atoms with Gasteiger partial charge in [0.1, 0.15) is 5.82 Å². The third kappa shape index (κ3) is 3.68. The van der Waals surface area contributed by atoms with Gasteiger partial charge in [0.15, 0.2) is 0 Å². The number of primary sulfonamides is 1. The van der Waals surface area contributed by atoms with Gasteiger partial charge in [-0.15, -0.1) is 11.3 Å². The number of aromatic nitrogens is 2. The van der Waals surface area contributed by atoms with E-state index in [4.69, 9.17) is 21.7 Å². The smallest absolute Gasteiger partial charge is 0.238 e. The van der Waals surface area contributed by atoms with Crippen molar-refractivity contribution in [1.82, 2.24) is 9.55 Å². The number of thiophene rings is 1. The summed E-state index contributed by atoms with van der Waals surface area (Å²) >= 11 is 7.61. The molecule has 0 radical (unpaired) electrons. The van der Waals surface area contributed by atoms with Crippen LogP contribution in [0.15, 0.2) is 77.1 Å². The highest BCUT2D eigenvalue weighted by Crippen LogP contribution is 2.30. The molecule has 0 amide bonds. The van der Waals surface area contributed by atoms with Crippen molar-refractivity contribution >= 4 is 33.0 Å². The van der Waals surface area contributed by atoms with Crippen LogP contribution in [0, 0.1) is 0 Å². The summed E-state index contributed by atoms with van der Waals surface area (Å²) in [6.45, 7) is 0. The lowest BCUT2D eigenvalue weighted by molar-refractivity contribution is 0.598. The number of sulfonamides is 1. The molecule has 5 nitrogen and oxygen atoms in total. The molecule has 8 heteroatoms. The predicted octanol–water partition coefficient (Wildman–Crippen LogP) is 4.57. The van der Waals surface area contributed by atoms with Gasteiger partial charge in [0.05, 0.1) is 15.5 Å². The molecule has 2 aromatic heterocycles. The van der Waals surface area contributed by atoms with Crippen LogP contribution in [0.2, 0.25) is 5.02 Å². The van der Waals surface area contributed by atoms with Gasteiger partial charge >= 0.3 is 0 Å². The Kier molecular flexibility index (Phi) is 4.61. The van der Waals surface area contributed by atoms with Gasteiger partial charge in [-0.05, 0) is 60.0 Å². The van der Waals surface area contributed by atoms with Crippen molar-refractivity contribution in [2.24, 2.45) is 5.14 Å². The molecule has 27 heavy (non-hydrogen) atoms. The maximum absolute atomic E-state index is 11.5. The second kappa shape index (κ2) is 6.94. The molecule has 136 valence electrons. The van der Waals surface area contributed by atoms with Crippen molar-refractivity contribution in [2.45, 2.75) is 4.90 Å². The highest BCUT2D eigenvalue weighted by Gasteiger charge is 2.15. The van der Waals surface area contributed by atoms with E-state index in [2.05, 4.69) is 0 Å². The van der Waals surface area contributed by atoms with E-state index in [1.54, 1.807) is 23.5 Å². The van der Waals surface area contributed by atoms with E-state index in [9.17, 15) is 8.42 Å². The molecule has 0 spiro atoms. The van der Waals surface area contributed by atoms with Crippen LogP contribution in [0.1, 0.15) is 0 Å². The third-order valence-corrected chi connectivity index (χ3v) is 6.10. The first kappa shape index (κ1) is 17.9. The molecule has 0 aliphatic carbocycles. The van der Waals surface area contributed by atoms with E-state index in [1.165, 1.54) is 12.1 Å². The second-order valence-corrected chi connectivity index (χ2v) is 8.79. The Morgan fingerprint density at radius 1 is 1.00 bits per heavy atom. The van der Waals surface area contributed by atoms with Crippen molar-refractivity contribution in [3.63, 3.8) is 0 Å². The standard InChI is InChI=1S/C19H14ClN3O2S2/c20-14-5-3-13(4-6-14)19-22-17(18-2-1-11-26-18)12-23(19)15-7-9-16(10-8-15)27(21,24)25/h1-12H,(H2,21,24,25). The number of benzene rings is 2. The van der Waals surface area contributed by atoms with Crippen molar-refractivity contribution in [2.75, 3.05) is 0 Å². The SMILES string of the molecule is NS(=O)(=O)c1ccc(-n2cc(-c3cccs3)nc2-c2ccc(Cl)cc2)cc1. The van der Waals surface area contributed by atoms with Gasteiger partial charge in [-0.25, -0.2) is 18.5 Å². The zero-order valence-electron chi connectivity index (χ0n) is 13.9. The molecule has 0 aliphatic heterocycles. The summed E-state index contributed by atoms with van der Waals surface area (Å²) in [7, 11) is -3.74. The van der Waals surface area contributed by atoms with Crippen LogP contribution in [0.3, 0.4) is 0 Å². The molecule has 2 aromatic carbocycles. The fourth-order valence-corrected chi connectivity index (χ4v) is 4.04. The third-order valence-electron chi connectivity index (χ3n) is 4.03. The average Bonchev–Trinajstić information content (AvgIpc) is 3.31. The summed E-state index contributed by atoms with van der Waals surface area (Å²) in [5.74, 6) is 0.735. The van der Waals surface area contributed by atoms with Gasteiger partial charge in [-0.3, -0.25) is 4.57 Å². The van der Waals surface area contributed by atoms with Crippen LogP contribution >= 0.6 is 22.9 Å². The monoisotopic (exact) mass is 415 g/mol. The van der Waals surface area contributed by atoms with Crippen molar-refractivity contribution in [3.8, 4) is 27.6 Å². The first-order chi connectivity index (χ1) is 12.9. The Hall–Kier alpha value is -2.45. The van der Waals surface area contributed by atoms with Gasteiger partial charge in [-0.2, -0.15) is 0 Å². The summed E-state index contributed by atoms with van der Waals surface area (Å²) in [5.41, 5.74) is 2.52. The number of halogens is 1. The molecule has 0 aliphatic rings. The molecule has 2 heterocycles. The van der Waals surface area contributed by atoms with Gasteiger partial charge in [0.2, 0.25) is 10.0 Å². The van der Waals surface area contributed by atoms with E-state index in [0.29, 0.717) is 5.02 Å². The highest BCUT2D eigenvalue weighted by molar-refractivity contribution is 7.89. The maximum Gasteiger partial charge on any atom is 0.238 e. The Balaban J connectivity index is 1.86. The van der Waals surface area contributed by atoms with Crippen LogP contribution in [-0.2, 0) is 10.0 Å². The number of nitrogens with zero attached hydrogens (tertiary/aromatic N) is 2. The molecule has 0 bridgehead atoms. The summed E-state index contributed by atoms with van der Waals surface area (Å²) in [6.07, 6.45) is 1.93. The molecule has 0 atom stereocenters. The lowest BCUT2D eigenvalue weighted by Crippen LogP contribution is -2.12. The van der Waals surface area contributed by atoms with Gasteiger partial charge in [0.25, 0.3) is 0 Å². The molecular formula is C19H14ClN3O2S2. The van der Waals surface area contributed by atoms with E-state index in [-0.39, 0.29) is 4.90 Å². The van der Waals surface area contributed by atoms with Crippen LogP contribution in [0.5, 0.6) is 0 Å². The second-order valence-electron chi connectivity index (χ2n) is 5.84. The van der Waals surface area contributed by atoms with Gasteiger partial charge in [0, 0.05) is 22.5 Å². The fraction of sp³-hybridized carbons (Fsp3) is 0. The molecule has 0 fully saturated rings. The van der Waals surface area contributed by atoms with E-state index in [1.807, 2.05) is 52.5 Å². The van der Waals surface area contributed by atoms with Crippen LogP contribution in [-0.4, -0.2) is 18.0 Å². The molecule has 4 aromatic rings. The van der Waals surface area contributed by atoms with Crippen LogP contribution in [0.4, 0.5) is 0 Å². The Labute approximate surface area is 165 Å². The van der Waals surface area contributed by atoms with E-state index >= 15 is 0 Å². The number of hydrogen-bond donors (Lipinski definition) is 1. The summed E-state index contributed by atoms with van der Waals surface area (Å²) < 4.78 is 24.9. The molecule has 2 N–H and O–H groups in total. The fourth-order valence-electron chi connectivity index (χ4n) is 2.72. The Morgan fingerprint density at radius 2 is 1.70 bits per heavy atom. The lowest BCUT2D eigenvalue weighted by Gasteiger charge is -2.08. The highest BCUT2D eigenvalue weighted by atomic mass is 35.5. The van der Waals surface area contributed by atoms with Crippen LogP contribution < -0.4 is 5.14 Å². The minimum Gasteiger partial charge on any atom is -0.299 e. The number of hydrogen-bond acceptors (Lipinski definition) is 4. The van der Waals surface area contributed by atoms with E-state index in [0.717, 1.165) is 27.6 Å². The van der Waals surface area contributed by atoms with Crippen molar-refractivity contribution in [1.29, 1.82) is 0 Å². The maximum atomic E-state index is 11.5. The summed E-state index contributed by atoms with van der Waals surface area (Å²) in [4.78, 5) is 5.90. The molecule has 0 saturated heterocycles. The Morgan fingerprint density at radius 3 is 2.30 bits per heavy atom. The van der Waals surface area contributed by atoms with Crippen molar-refractivity contribution in [3.05, 3.63) is 77.3 Å². The summed E-state index contributed by atoms with van der Waals surface area (Å²) in [5, 5.41) is 7.83. The summed E-state index contributed by atoms with van der Waals surface area (Å²) in [6, 6.07) is 17.8. The first-order valence-electron chi connectivity index (χ1n) is 7.94. The normalized spacial score (nSPS) is 11.6. The zero-order valence-corrected chi connectivity index (χ0v) is 16.3. The lowest BCUT2D eigenvalue weighted by atomic mass is 10.2. The minimum absolute atomic E-state index is 0.0675. The number of rotatable bonds is 4. The molecule has 0 saturated carbocycles. The van der Waals surface area contributed by atoms with Gasteiger partial charge in [-0.1, -0.05) is 17.7 Å². The minimum atomic E-state index is -3.74. The Bertz CT molecular complexity index is 1180. The van der Waals surface area contributed by atoms with Crippen LogP contribution in [0.25, 0.3) is 27.6 Å². The quantitative estimate of drug-likeness (QED) is 0.530. The average molecular weight is 416 g/mol. The van der Waals surface area contributed by atoms with E-state index < -0.39 is 10.0 Å². The number of imidazole rings is 1. The topological polar surface area (TPSA) is 78.0 Å². The zero-order chi connectivity index (χ0) is 19.0. The first-order valence-corrected chi connectivity index (χ1v) is 10.7.